The number of benzene rings is 2. The van der Waals surface area contributed by atoms with Crippen molar-refractivity contribution in [2.24, 2.45) is 0 Å². The van der Waals surface area contributed by atoms with E-state index in [2.05, 4.69) is 5.32 Å². The molecule has 0 unspecified atom stereocenters. The number of fused-ring (bicyclic) bond motifs is 1. The summed E-state index contributed by atoms with van der Waals surface area (Å²) < 4.78 is 6.00. The Labute approximate surface area is 152 Å². The molecule has 2 saturated heterocycles. The lowest BCUT2D eigenvalue weighted by Crippen LogP contribution is -2.73. The molecule has 1 spiro atoms. The lowest BCUT2D eigenvalue weighted by atomic mass is 9.89. The maximum absolute atomic E-state index is 12.8. The number of nitrogens with one attached hydrogen (secondary N) is 1. The molecule has 2 heterocycles. The molecule has 2 fully saturated rings. The Morgan fingerprint density at radius 1 is 1.12 bits per heavy atom. The van der Waals surface area contributed by atoms with Gasteiger partial charge in [0.15, 0.2) is 0 Å². The maximum Gasteiger partial charge on any atom is 0.254 e. The highest BCUT2D eigenvalue weighted by Crippen LogP contribution is 2.32. The maximum atomic E-state index is 12.8. The van der Waals surface area contributed by atoms with Gasteiger partial charge in [0.25, 0.3) is 5.91 Å². The van der Waals surface area contributed by atoms with E-state index < -0.39 is 0 Å². The van der Waals surface area contributed by atoms with Crippen molar-refractivity contribution < 1.29 is 14.3 Å². The van der Waals surface area contributed by atoms with Crippen LogP contribution in [0.15, 0.2) is 42.5 Å². The van der Waals surface area contributed by atoms with Gasteiger partial charge in [-0.05, 0) is 30.0 Å². The zero-order chi connectivity index (χ0) is 18.3. The summed E-state index contributed by atoms with van der Waals surface area (Å²) in [6.45, 7) is 2.12. The third-order valence-electron chi connectivity index (χ3n) is 5.41. The molecule has 2 amide bonds. The molecule has 2 aliphatic heterocycles. The number of carbonyl (C=O) groups excluding carboxylic acids is 2. The second kappa shape index (κ2) is 6.37. The highest BCUT2D eigenvalue weighted by atomic mass is 16.5. The third-order valence-corrected chi connectivity index (χ3v) is 5.41. The summed E-state index contributed by atoms with van der Waals surface area (Å²) in [6, 6.07) is 13.6. The summed E-state index contributed by atoms with van der Waals surface area (Å²) in [5.41, 5.74) is 0.345. The molecule has 0 aliphatic carbocycles. The van der Waals surface area contributed by atoms with E-state index in [1.54, 1.807) is 7.05 Å². The molecule has 0 saturated carbocycles. The summed E-state index contributed by atoms with van der Waals surface area (Å²) >= 11 is 0. The standard InChI is InChI=1S/C20H23N3O3/c1-21-18(24)17-10-26-20(11-22(17)2)12-23(13-20)19(25)16-8-7-14-5-3-4-6-15(14)9-16/h3-9,17H,10-13H2,1-2H3,(H,21,24)/t17-/m0/s1. The van der Waals surface area contributed by atoms with Gasteiger partial charge in [-0.1, -0.05) is 30.3 Å². The zero-order valence-corrected chi connectivity index (χ0v) is 15.1. The number of likely N-dealkylation sites (tertiary alicyclic amines) is 1. The van der Waals surface area contributed by atoms with E-state index in [1.165, 1.54) is 0 Å². The summed E-state index contributed by atoms with van der Waals surface area (Å²) in [7, 11) is 3.56. The minimum atomic E-state index is -0.355. The predicted molar refractivity (Wildman–Crippen MR) is 99.0 cm³/mol. The van der Waals surface area contributed by atoms with Crippen molar-refractivity contribution in [3.63, 3.8) is 0 Å². The van der Waals surface area contributed by atoms with Crippen molar-refractivity contribution in [2.45, 2.75) is 11.6 Å². The SMILES string of the molecule is CNC(=O)[C@@H]1COC2(CN(C(=O)c3ccc4ccccc4c3)C2)CN1C. The molecular weight excluding hydrogens is 330 g/mol. The van der Waals surface area contributed by atoms with Gasteiger partial charge in [0, 0.05) is 19.2 Å². The minimum absolute atomic E-state index is 0.0288. The predicted octanol–water partition coefficient (Wildman–Crippen LogP) is 1.11. The van der Waals surface area contributed by atoms with Gasteiger partial charge in [-0.2, -0.15) is 0 Å². The van der Waals surface area contributed by atoms with Crippen molar-refractivity contribution in [1.29, 1.82) is 0 Å². The lowest BCUT2D eigenvalue weighted by molar-refractivity contribution is -0.187. The van der Waals surface area contributed by atoms with Crippen LogP contribution in [0, 0.1) is 0 Å². The first-order valence-corrected chi connectivity index (χ1v) is 8.85. The normalized spacial score (nSPS) is 22.2. The quantitative estimate of drug-likeness (QED) is 0.879. The van der Waals surface area contributed by atoms with E-state index in [4.69, 9.17) is 4.74 Å². The van der Waals surface area contributed by atoms with Crippen molar-refractivity contribution in [3.8, 4) is 0 Å². The largest absolute Gasteiger partial charge is 0.368 e. The molecule has 6 heteroatoms. The number of rotatable bonds is 2. The van der Waals surface area contributed by atoms with E-state index in [0.29, 0.717) is 31.8 Å². The third kappa shape index (κ3) is 2.85. The Kier molecular flexibility index (Phi) is 4.17. The fraction of sp³-hybridized carbons (Fsp3) is 0.400. The van der Waals surface area contributed by atoms with Gasteiger partial charge in [-0.15, -0.1) is 0 Å². The Bertz CT molecular complexity index is 860. The number of hydrogen-bond donors (Lipinski definition) is 1. The molecule has 1 atom stereocenters. The van der Waals surface area contributed by atoms with Crippen LogP contribution in [0.5, 0.6) is 0 Å². The van der Waals surface area contributed by atoms with E-state index in [9.17, 15) is 9.59 Å². The molecule has 0 aromatic heterocycles. The molecule has 2 aliphatic rings. The summed E-state index contributed by atoms with van der Waals surface area (Å²) in [6.07, 6.45) is 0. The monoisotopic (exact) mass is 353 g/mol. The minimum Gasteiger partial charge on any atom is -0.368 e. The van der Waals surface area contributed by atoms with E-state index in [-0.39, 0.29) is 23.5 Å². The van der Waals surface area contributed by atoms with Crippen molar-refractivity contribution in [1.82, 2.24) is 15.1 Å². The molecule has 0 radical (unpaired) electrons. The van der Waals surface area contributed by atoms with Crippen LogP contribution in [0.25, 0.3) is 10.8 Å². The molecule has 2 aromatic rings. The fourth-order valence-electron chi connectivity index (χ4n) is 3.92. The zero-order valence-electron chi connectivity index (χ0n) is 15.1. The van der Waals surface area contributed by atoms with Crippen LogP contribution < -0.4 is 5.32 Å². The van der Waals surface area contributed by atoms with Crippen LogP contribution in [-0.2, 0) is 9.53 Å². The fourth-order valence-corrected chi connectivity index (χ4v) is 3.92. The number of carbonyl (C=O) groups is 2. The van der Waals surface area contributed by atoms with Gasteiger partial charge in [0.05, 0.1) is 19.7 Å². The molecule has 2 aromatic carbocycles. The summed E-state index contributed by atoms with van der Waals surface area (Å²) in [5, 5.41) is 4.86. The number of nitrogens with zero attached hydrogens (tertiary/aromatic N) is 2. The Hall–Kier alpha value is -2.44. The van der Waals surface area contributed by atoms with E-state index in [1.807, 2.05) is 59.3 Å². The average Bonchev–Trinajstić information content (AvgIpc) is 2.64. The van der Waals surface area contributed by atoms with E-state index >= 15 is 0 Å². The summed E-state index contributed by atoms with van der Waals surface area (Å²) in [5.74, 6) is -0.00757. The van der Waals surface area contributed by atoms with Crippen LogP contribution in [0.1, 0.15) is 10.4 Å². The highest BCUT2D eigenvalue weighted by Gasteiger charge is 2.51. The molecule has 26 heavy (non-hydrogen) atoms. The molecule has 4 rings (SSSR count). The van der Waals surface area contributed by atoms with Crippen molar-refractivity contribution >= 4 is 22.6 Å². The first kappa shape index (κ1) is 17.0. The van der Waals surface area contributed by atoms with Gasteiger partial charge in [-0.3, -0.25) is 14.5 Å². The number of likely N-dealkylation sites (N-methyl/N-ethyl adjacent to an activating group) is 2. The number of amides is 2. The molecular formula is C20H23N3O3. The van der Waals surface area contributed by atoms with E-state index in [0.717, 1.165) is 10.8 Å². The molecule has 6 nitrogen and oxygen atoms in total. The Morgan fingerprint density at radius 2 is 1.85 bits per heavy atom. The molecule has 0 bridgehead atoms. The van der Waals surface area contributed by atoms with Crippen LogP contribution in [0.3, 0.4) is 0 Å². The van der Waals surface area contributed by atoms with Crippen molar-refractivity contribution in [3.05, 3.63) is 48.0 Å². The molecule has 1 N–H and O–H groups in total. The first-order chi connectivity index (χ1) is 12.5. The van der Waals surface area contributed by atoms with Gasteiger partial charge in [-0.25, -0.2) is 0 Å². The van der Waals surface area contributed by atoms with Crippen LogP contribution in [0.2, 0.25) is 0 Å². The smallest absolute Gasteiger partial charge is 0.254 e. The number of hydrogen-bond acceptors (Lipinski definition) is 4. The second-order valence-corrected chi connectivity index (χ2v) is 7.26. The number of morpholine rings is 1. The number of ether oxygens (including phenoxy) is 1. The Balaban J connectivity index is 1.42. The highest BCUT2D eigenvalue weighted by molar-refractivity contribution is 5.99. The van der Waals surface area contributed by atoms with Crippen LogP contribution in [-0.4, -0.2) is 73.6 Å². The van der Waals surface area contributed by atoms with Crippen molar-refractivity contribution in [2.75, 3.05) is 40.3 Å². The van der Waals surface area contributed by atoms with Crippen LogP contribution in [0.4, 0.5) is 0 Å². The Morgan fingerprint density at radius 3 is 2.54 bits per heavy atom. The first-order valence-electron chi connectivity index (χ1n) is 8.85. The van der Waals surface area contributed by atoms with Crippen LogP contribution >= 0.6 is 0 Å². The van der Waals surface area contributed by atoms with Gasteiger partial charge >= 0.3 is 0 Å². The summed E-state index contributed by atoms with van der Waals surface area (Å²) in [4.78, 5) is 28.5. The van der Waals surface area contributed by atoms with Gasteiger partial charge in [0.2, 0.25) is 5.91 Å². The second-order valence-electron chi connectivity index (χ2n) is 7.26. The molecule has 136 valence electrons. The van der Waals surface area contributed by atoms with Gasteiger partial charge < -0.3 is 15.0 Å². The average molecular weight is 353 g/mol. The van der Waals surface area contributed by atoms with Gasteiger partial charge in [0.1, 0.15) is 11.6 Å². The lowest BCUT2D eigenvalue weighted by Gasteiger charge is -2.54. The topological polar surface area (TPSA) is 61.9 Å².